The lowest BCUT2D eigenvalue weighted by atomic mass is 9.91. The number of unbranched alkanes of at least 4 members (excludes halogenated alkanes) is 3. The molecule has 2 rings (SSSR count). The van der Waals surface area contributed by atoms with Crippen LogP contribution in [0.4, 0.5) is 4.79 Å². The summed E-state index contributed by atoms with van der Waals surface area (Å²) in [5.41, 5.74) is 2.98. The van der Waals surface area contributed by atoms with E-state index in [9.17, 15) is 14.4 Å². The molecule has 7 heteroatoms. The first-order valence-corrected chi connectivity index (χ1v) is 15.1. The van der Waals surface area contributed by atoms with Gasteiger partial charge in [-0.3, -0.25) is 9.59 Å². The number of carbonyl (C=O) groups is 3. The average molecular weight is 566 g/mol. The predicted octanol–water partition coefficient (Wildman–Crippen LogP) is 7.01. The number of nitrogens with one attached hydrogen (secondary N) is 2. The molecule has 0 aliphatic heterocycles. The second-order valence-electron chi connectivity index (χ2n) is 12.0. The Labute approximate surface area is 247 Å². The summed E-state index contributed by atoms with van der Waals surface area (Å²) < 4.78 is 5.52. The summed E-state index contributed by atoms with van der Waals surface area (Å²) in [7, 11) is 0. The fourth-order valence-electron chi connectivity index (χ4n) is 4.94. The van der Waals surface area contributed by atoms with E-state index in [0.29, 0.717) is 19.5 Å². The van der Waals surface area contributed by atoms with Crippen LogP contribution < -0.4 is 10.6 Å². The van der Waals surface area contributed by atoms with Gasteiger partial charge in [-0.1, -0.05) is 95.0 Å². The number of aryl methyl sites for hydroxylation is 2. The number of hydrogen-bond donors (Lipinski definition) is 2. The number of amides is 3. The van der Waals surface area contributed by atoms with E-state index in [0.717, 1.165) is 47.9 Å². The van der Waals surface area contributed by atoms with Crippen LogP contribution in [-0.2, 0) is 20.9 Å². The molecule has 0 saturated heterocycles. The van der Waals surface area contributed by atoms with E-state index in [1.165, 1.54) is 0 Å². The number of benzene rings is 2. The quantitative estimate of drug-likeness (QED) is 0.241. The van der Waals surface area contributed by atoms with E-state index in [1.54, 1.807) is 25.7 Å². The van der Waals surface area contributed by atoms with E-state index in [4.69, 9.17) is 4.74 Å². The zero-order chi connectivity index (χ0) is 30.6. The molecule has 0 saturated carbocycles. The van der Waals surface area contributed by atoms with E-state index < -0.39 is 23.8 Å². The Kier molecular flexibility index (Phi) is 13.4. The SMILES string of the molecule is CCCCCCN(C(=O)C(NC(=O)OC(C)(C)C)C(C)CC)C(C(=O)NCc1ccccc1)c1c(C)cccc1C. The monoisotopic (exact) mass is 565 g/mol. The van der Waals surface area contributed by atoms with Gasteiger partial charge in [0.15, 0.2) is 0 Å². The molecule has 3 unspecified atom stereocenters. The van der Waals surface area contributed by atoms with Crippen molar-refractivity contribution in [2.45, 2.75) is 112 Å². The first-order valence-electron chi connectivity index (χ1n) is 15.1. The average Bonchev–Trinajstić information content (AvgIpc) is 2.92. The lowest BCUT2D eigenvalue weighted by Gasteiger charge is -2.37. The Morgan fingerprint density at radius 2 is 1.54 bits per heavy atom. The van der Waals surface area contributed by atoms with E-state index in [-0.39, 0.29) is 17.7 Å². The maximum absolute atomic E-state index is 14.5. The van der Waals surface area contributed by atoms with Crippen molar-refractivity contribution in [2.24, 2.45) is 5.92 Å². The highest BCUT2D eigenvalue weighted by molar-refractivity contribution is 5.92. The minimum Gasteiger partial charge on any atom is -0.444 e. The third-order valence-corrected chi connectivity index (χ3v) is 7.37. The standard InChI is InChI=1S/C34H51N3O4/c1-9-11-12-16-22-37(32(39)29(24(3)10-2)36-33(40)41-34(6,7)8)30(28-25(4)18-17-19-26(28)5)31(38)35-23-27-20-14-13-15-21-27/h13-15,17-21,24,29-30H,9-12,16,22-23H2,1-8H3,(H,35,38)(H,36,40). The number of rotatable bonds is 14. The van der Waals surface area contributed by atoms with Gasteiger partial charge in [-0.05, 0) is 69.2 Å². The molecule has 2 aromatic rings. The first kappa shape index (κ1) is 33.9. The number of hydrogen-bond acceptors (Lipinski definition) is 4. The van der Waals surface area contributed by atoms with Gasteiger partial charge in [-0.2, -0.15) is 0 Å². The minimum atomic E-state index is -0.846. The van der Waals surface area contributed by atoms with Gasteiger partial charge in [0.05, 0.1) is 0 Å². The molecular weight excluding hydrogens is 514 g/mol. The molecule has 0 aromatic heterocycles. The molecule has 0 radical (unpaired) electrons. The number of carbonyl (C=O) groups excluding carboxylic acids is 3. The number of ether oxygens (including phenoxy) is 1. The number of nitrogens with zero attached hydrogens (tertiary/aromatic N) is 1. The highest BCUT2D eigenvalue weighted by atomic mass is 16.6. The molecule has 0 bridgehead atoms. The van der Waals surface area contributed by atoms with Crippen LogP contribution in [0.15, 0.2) is 48.5 Å². The Morgan fingerprint density at radius 3 is 2.10 bits per heavy atom. The smallest absolute Gasteiger partial charge is 0.408 e. The van der Waals surface area contributed by atoms with Crippen molar-refractivity contribution in [3.8, 4) is 0 Å². The van der Waals surface area contributed by atoms with Crippen LogP contribution in [0.3, 0.4) is 0 Å². The largest absolute Gasteiger partial charge is 0.444 e. The Balaban J connectivity index is 2.56. The van der Waals surface area contributed by atoms with Crippen LogP contribution in [0.2, 0.25) is 0 Å². The van der Waals surface area contributed by atoms with Crippen molar-refractivity contribution in [2.75, 3.05) is 6.54 Å². The minimum absolute atomic E-state index is 0.167. The van der Waals surface area contributed by atoms with Crippen molar-refractivity contribution in [3.63, 3.8) is 0 Å². The van der Waals surface area contributed by atoms with E-state index in [1.807, 2.05) is 76.2 Å². The lowest BCUT2D eigenvalue weighted by molar-refractivity contribution is -0.143. The summed E-state index contributed by atoms with van der Waals surface area (Å²) in [4.78, 5) is 43.2. The maximum Gasteiger partial charge on any atom is 0.408 e. The van der Waals surface area contributed by atoms with Crippen LogP contribution >= 0.6 is 0 Å². The van der Waals surface area contributed by atoms with Gasteiger partial charge in [-0.15, -0.1) is 0 Å². The summed E-state index contributed by atoms with van der Waals surface area (Å²) in [5.74, 6) is -0.682. The van der Waals surface area contributed by atoms with Crippen LogP contribution in [-0.4, -0.2) is 41.0 Å². The fraction of sp³-hybridized carbons (Fsp3) is 0.559. The second kappa shape index (κ2) is 16.2. The molecule has 3 atom stereocenters. The third-order valence-electron chi connectivity index (χ3n) is 7.37. The third kappa shape index (κ3) is 10.5. The van der Waals surface area contributed by atoms with Crippen LogP contribution in [0.5, 0.6) is 0 Å². The van der Waals surface area contributed by atoms with Crippen molar-refractivity contribution in [1.29, 1.82) is 0 Å². The summed E-state index contributed by atoms with van der Waals surface area (Å²) in [5, 5.41) is 5.95. The number of alkyl carbamates (subject to hydrolysis) is 1. The van der Waals surface area contributed by atoms with Gasteiger partial charge < -0.3 is 20.3 Å². The zero-order valence-electron chi connectivity index (χ0n) is 26.4. The molecule has 0 aliphatic rings. The van der Waals surface area contributed by atoms with Gasteiger partial charge in [0, 0.05) is 13.1 Å². The zero-order valence-corrected chi connectivity index (χ0v) is 26.4. The van der Waals surface area contributed by atoms with Crippen LogP contribution in [0, 0.1) is 19.8 Å². The maximum atomic E-state index is 14.5. The van der Waals surface area contributed by atoms with Crippen molar-refractivity contribution < 1.29 is 19.1 Å². The summed E-state index contributed by atoms with van der Waals surface area (Å²) in [6.45, 7) is 16.2. The topological polar surface area (TPSA) is 87.7 Å². The molecule has 7 nitrogen and oxygen atoms in total. The van der Waals surface area contributed by atoms with E-state index >= 15 is 0 Å². The first-order chi connectivity index (χ1) is 19.4. The summed E-state index contributed by atoms with van der Waals surface area (Å²) >= 11 is 0. The molecule has 0 heterocycles. The van der Waals surface area contributed by atoms with E-state index in [2.05, 4.69) is 17.6 Å². The molecule has 0 aliphatic carbocycles. The summed E-state index contributed by atoms with van der Waals surface area (Å²) in [6, 6.07) is 14.0. The molecule has 2 N–H and O–H groups in total. The molecule has 3 amide bonds. The van der Waals surface area contributed by atoms with Gasteiger partial charge in [0.1, 0.15) is 17.7 Å². The normalized spacial score (nSPS) is 13.6. The molecule has 0 spiro atoms. The van der Waals surface area contributed by atoms with Crippen molar-refractivity contribution >= 4 is 17.9 Å². The van der Waals surface area contributed by atoms with Crippen molar-refractivity contribution in [1.82, 2.24) is 15.5 Å². The molecule has 226 valence electrons. The van der Waals surface area contributed by atoms with Gasteiger partial charge in [-0.25, -0.2) is 4.79 Å². The highest BCUT2D eigenvalue weighted by Crippen LogP contribution is 2.30. The lowest BCUT2D eigenvalue weighted by Crippen LogP contribution is -2.55. The second-order valence-corrected chi connectivity index (χ2v) is 12.0. The molecule has 41 heavy (non-hydrogen) atoms. The molecule has 2 aromatic carbocycles. The fourth-order valence-corrected chi connectivity index (χ4v) is 4.94. The molecule has 0 fully saturated rings. The Morgan fingerprint density at radius 1 is 0.902 bits per heavy atom. The van der Waals surface area contributed by atoms with Crippen molar-refractivity contribution in [3.05, 3.63) is 70.8 Å². The molecular formula is C34H51N3O4. The highest BCUT2D eigenvalue weighted by Gasteiger charge is 2.38. The Hall–Kier alpha value is -3.35. The summed E-state index contributed by atoms with van der Waals surface area (Å²) in [6.07, 6.45) is 3.83. The van der Waals surface area contributed by atoms with Gasteiger partial charge in [0.25, 0.3) is 0 Å². The Bertz CT molecular complexity index is 1110. The van der Waals surface area contributed by atoms with Crippen LogP contribution in [0.1, 0.15) is 102 Å². The van der Waals surface area contributed by atoms with Gasteiger partial charge >= 0.3 is 6.09 Å². The predicted molar refractivity (Wildman–Crippen MR) is 165 cm³/mol. The van der Waals surface area contributed by atoms with Crippen LogP contribution in [0.25, 0.3) is 0 Å². The van der Waals surface area contributed by atoms with Gasteiger partial charge in [0.2, 0.25) is 11.8 Å².